The number of pyridine rings is 1. The highest BCUT2D eigenvalue weighted by atomic mass is 19.1. The third kappa shape index (κ3) is 2.89. The molecule has 0 unspecified atom stereocenters. The maximum Gasteiger partial charge on any atom is 0.166 e. The molecule has 35 heavy (non-hydrogen) atoms. The Morgan fingerprint density at radius 1 is 1.17 bits per heavy atom. The number of aryl methyl sites for hydroxylation is 1. The van der Waals surface area contributed by atoms with E-state index >= 15 is 0 Å². The molecule has 176 valence electrons. The van der Waals surface area contributed by atoms with Crippen molar-refractivity contribution in [1.82, 2.24) is 24.7 Å². The zero-order valence-corrected chi connectivity index (χ0v) is 19.6. The SMILES string of the molecule is CCn1nc2c3c1-c1cnc(N)c(c1)O[C@H](C)c1cc(F)ccc1-c1ncncc1[C@H]3CC21CC1. The second-order valence-corrected chi connectivity index (χ2v) is 9.89. The summed E-state index contributed by atoms with van der Waals surface area (Å²) >= 11 is 0. The van der Waals surface area contributed by atoms with E-state index in [9.17, 15) is 4.39 Å². The van der Waals surface area contributed by atoms with Crippen LogP contribution in [0.4, 0.5) is 10.2 Å². The van der Waals surface area contributed by atoms with E-state index in [1.165, 1.54) is 23.4 Å². The molecular weight excluding hydrogens is 443 g/mol. The van der Waals surface area contributed by atoms with Gasteiger partial charge < -0.3 is 10.5 Å². The number of fused-ring (bicyclic) bond motifs is 8. The Hall–Kier alpha value is -3.81. The van der Waals surface area contributed by atoms with E-state index < -0.39 is 6.10 Å². The maximum absolute atomic E-state index is 14.5. The lowest BCUT2D eigenvalue weighted by Gasteiger charge is -2.24. The summed E-state index contributed by atoms with van der Waals surface area (Å²) in [4.78, 5) is 13.6. The number of benzene rings is 1. The van der Waals surface area contributed by atoms with E-state index in [0.717, 1.165) is 53.9 Å². The summed E-state index contributed by atoms with van der Waals surface area (Å²) in [5.41, 5.74) is 14.1. The first-order valence-electron chi connectivity index (χ1n) is 12.1. The van der Waals surface area contributed by atoms with Gasteiger partial charge in [0.25, 0.3) is 0 Å². The molecule has 3 aromatic heterocycles. The first-order chi connectivity index (χ1) is 17.0. The molecule has 3 aliphatic rings. The molecule has 2 atom stereocenters. The number of rotatable bonds is 1. The molecular formula is C27H25FN6O. The Labute approximate surface area is 202 Å². The smallest absolute Gasteiger partial charge is 0.166 e. The van der Waals surface area contributed by atoms with Crippen molar-refractivity contribution < 1.29 is 9.13 Å². The number of anilines is 1. The molecule has 7 rings (SSSR count). The maximum atomic E-state index is 14.5. The van der Waals surface area contributed by atoms with Gasteiger partial charge in [-0.25, -0.2) is 19.3 Å². The topological polar surface area (TPSA) is 91.7 Å². The Balaban J connectivity index is 1.59. The number of ether oxygens (including phenoxy) is 1. The highest BCUT2D eigenvalue weighted by Crippen LogP contribution is 2.64. The number of hydrogen-bond acceptors (Lipinski definition) is 6. The standard InChI is InChI=1S/C27H25FN6O/c1-3-34-24-15-8-21(26(29)31-11-15)35-14(2)18-9-16(28)4-5-17(18)23-20(12-30-13-32-23)19-10-27(6-7-27)25(33-34)22(19)24/h4-5,8-9,11-14,19H,3,6-7,10H2,1-2H3,(H2,29,31)/t14-,19-/m1/s1. The van der Waals surface area contributed by atoms with Crippen LogP contribution in [0.15, 0.2) is 43.0 Å². The van der Waals surface area contributed by atoms with Crippen molar-refractivity contribution in [3.63, 3.8) is 0 Å². The molecule has 4 heterocycles. The fraction of sp³-hybridized carbons (Fsp3) is 0.333. The number of hydrogen-bond donors (Lipinski definition) is 1. The molecule has 0 amide bonds. The fourth-order valence-corrected chi connectivity index (χ4v) is 6.02. The van der Waals surface area contributed by atoms with E-state index in [-0.39, 0.29) is 17.2 Å². The first kappa shape index (κ1) is 20.6. The van der Waals surface area contributed by atoms with Crippen LogP contribution in [0, 0.1) is 5.82 Å². The molecule has 1 aliphatic heterocycles. The van der Waals surface area contributed by atoms with Crippen LogP contribution in [0.25, 0.3) is 22.5 Å². The highest BCUT2D eigenvalue weighted by Gasteiger charge is 2.56. The van der Waals surface area contributed by atoms with E-state index in [2.05, 4.69) is 21.6 Å². The van der Waals surface area contributed by atoms with Gasteiger partial charge >= 0.3 is 0 Å². The van der Waals surface area contributed by atoms with Crippen molar-refractivity contribution in [3.05, 3.63) is 71.2 Å². The zero-order chi connectivity index (χ0) is 23.9. The molecule has 1 saturated carbocycles. The van der Waals surface area contributed by atoms with Crippen molar-refractivity contribution in [1.29, 1.82) is 0 Å². The third-order valence-electron chi connectivity index (χ3n) is 7.87. The van der Waals surface area contributed by atoms with Crippen LogP contribution in [0.2, 0.25) is 0 Å². The number of nitrogen functional groups attached to an aromatic ring is 1. The van der Waals surface area contributed by atoms with E-state index in [1.54, 1.807) is 18.6 Å². The summed E-state index contributed by atoms with van der Waals surface area (Å²) in [5.74, 6) is 0.525. The molecule has 4 aromatic rings. The van der Waals surface area contributed by atoms with Gasteiger partial charge in [0.2, 0.25) is 0 Å². The Kier molecular flexibility index (Phi) is 4.17. The molecule has 2 bridgehead atoms. The zero-order valence-electron chi connectivity index (χ0n) is 19.6. The molecule has 2 N–H and O–H groups in total. The van der Waals surface area contributed by atoms with E-state index in [4.69, 9.17) is 20.6 Å². The Morgan fingerprint density at radius 3 is 2.83 bits per heavy atom. The quantitative estimate of drug-likeness (QED) is 0.415. The van der Waals surface area contributed by atoms with Crippen LogP contribution >= 0.6 is 0 Å². The lowest BCUT2D eigenvalue weighted by atomic mass is 9.86. The molecule has 8 heteroatoms. The average molecular weight is 469 g/mol. The van der Waals surface area contributed by atoms with E-state index in [1.807, 2.05) is 19.2 Å². The predicted octanol–water partition coefficient (Wildman–Crippen LogP) is 5.16. The summed E-state index contributed by atoms with van der Waals surface area (Å²) in [6.07, 6.45) is 8.04. The van der Waals surface area contributed by atoms with Gasteiger partial charge in [-0.2, -0.15) is 5.10 Å². The highest BCUT2D eigenvalue weighted by molar-refractivity contribution is 5.75. The summed E-state index contributed by atoms with van der Waals surface area (Å²) in [6.45, 7) is 4.74. The fourth-order valence-electron chi connectivity index (χ4n) is 6.02. The van der Waals surface area contributed by atoms with Gasteiger partial charge in [0.1, 0.15) is 18.2 Å². The lowest BCUT2D eigenvalue weighted by Crippen LogP contribution is -2.13. The van der Waals surface area contributed by atoms with Crippen molar-refractivity contribution in [3.8, 4) is 28.3 Å². The van der Waals surface area contributed by atoms with Gasteiger partial charge in [0, 0.05) is 58.1 Å². The van der Waals surface area contributed by atoms with Crippen molar-refractivity contribution in [2.24, 2.45) is 0 Å². The molecule has 7 nitrogen and oxygen atoms in total. The third-order valence-corrected chi connectivity index (χ3v) is 7.87. The Morgan fingerprint density at radius 2 is 2.03 bits per heavy atom. The average Bonchev–Trinajstić information content (AvgIpc) is 3.44. The molecule has 2 aliphatic carbocycles. The number of nitrogens with zero attached hydrogens (tertiary/aromatic N) is 5. The minimum Gasteiger partial charge on any atom is -0.482 e. The molecule has 0 saturated heterocycles. The number of halogens is 1. The second kappa shape index (κ2) is 7.10. The van der Waals surface area contributed by atoms with Gasteiger partial charge in [-0.1, -0.05) is 0 Å². The summed E-state index contributed by atoms with van der Waals surface area (Å²) in [5, 5.41) is 5.12. The van der Waals surface area contributed by atoms with Crippen LogP contribution in [0.5, 0.6) is 5.75 Å². The molecule has 0 radical (unpaired) electrons. The summed E-state index contributed by atoms with van der Waals surface area (Å²) in [7, 11) is 0. The van der Waals surface area contributed by atoms with Crippen LogP contribution in [-0.2, 0) is 12.0 Å². The minimum atomic E-state index is -0.480. The van der Waals surface area contributed by atoms with Gasteiger partial charge in [0.15, 0.2) is 11.6 Å². The van der Waals surface area contributed by atoms with Crippen LogP contribution in [0.1, 0.15) is 67.5 Å². The van der Waals surface area contributed by atoms with Crippen molar-refractivity contribution >= 4 is 5.82 Å². The minimum absolute atomic E-state index is 0.0774. The van der Waals surface area contributed by atoms with Crippen LogP contribution in [0.3, 0.4) is 0 Å². The van der Waals surface area contributed by atoms with Gasteiger partial charge in [-0.3, -0.25) is 4.68 Å². The van der Waals surface area contributed by atoms with Gasteiger partial charge in [0.05, 0.1) is 17.1 Å². The Bertz CT molecular complexity index is 1510. The number of nitrogens with two attached hydrogens (primary N) is 1. The number of aromatic nitrogens is 5. The summed E-state index contributed by atoms with van der Waals surface area (Å²) in [6, 6.07) is 6.73. The molecule has 1 fully saturated rings. The van der Waals surface area contributed by atoms with Crippen molar-refractivity contribution in [2.45, 2.75) is 57.1 Å². The summed E-state index contributed by atoms with van der Waals surface area (Å²) < 4.78 is 22.9. The van der Waals surface area contributed by atoms with Crippen LogP contribution in [-0.4, -0.2) is 24.7 Å². The lowest BCUT2D eigenvalue weighted by molar-refractivity contribution is 0.227. The normalized spacial score (nSPS) is 20.8. The van der Waals surface area contributed by atoms with Crippen LogP contribution < -0.4 is 10.5 Å². The second-order valence-electron chi connectivity index (χ2n) is 9.89. The monoisotopic (exact) mass is 468 g/mol. The van der Waals surface area contributed by atoms with Crippen molar-refractivity contribution in [2.75, 3.05) is 5.73 Å². The van der Waals surface area contributed by atoms with E-state index in [0.29, 0.717) is 17.1 Å². The molecule has 1 aromatic carbocycles. The van der Waals surface area contributed by atoms with Gasteiger partial charge in [-0.15, -0.1) is 0 Å². The molecule has 1 spiro atoms. The first-order valence-corrected chi connectivity index (χ1v) is 12.1. The predicted molar refractivity (Wildman–Crippen MR) is 129 cm³/mol. The van der Waals surface area contributed by atoms with Gasteiger partial charge in [-0.05, 0) is 57.4 Å². The largest absolute Gasteiger partial charge is 0.482 e.